The molecule has 0 spiro atoms. The molecule has 0 aliphatic heterocycles. The molecule has 0 atom stereocenters. The predicted octanol–water partition coefficient (Wildman–Crippen LogP) is 2.78. The van der Waals surface area contributed by atoms with Crippen molar-refractivity contribution in [3.63, 3.8) is 0 Å². The first kappa shape index (κ1) is 19.1. The summed E-state index contributed by atoms with van der Waals surface area (Å²) in [5.74, 6) is -0.540. The van der Waals surface area contributed by atoms with Gasteiger partial charge in [-0.1, -0.05) is 12.7 Å². The van der Waals surface area contributed by atoms with Gasteiger partial charge in [0.05, 0.1) is 17.6 Å². The van der Waals surface area contributed by atoms with Crippen molar-refractivity contribution in [2.45, 2.75) is 0 Å². The number of fused-ring (bicyclic) bond motifs is 1. The van der Waals surface area contributed by atoms with E-state index in [4.69, 9.17) is 0 Å². The summed E-state index contributed by atoms with van der Waals surface area (Å²) in [7, 11) is 3.32. The fraction of sp³-hybridized carbons (Fsp3) is 0.150. The van der Waals surface area contributed by atoms with E-state index in [1.165, 1.54) is 18.2 Å². The number of carbonyl (C=O) groups excluding carboxylic acids is 2. The van der Waals surface area contributed by atoms with Crippen LogP contribution in [0.1, 0.15) is 15.9 Å². The van der Waals surface area contributed by atoms with Crippen LogP contribution in [0.25, 0.3) is 17.1 Å². The van der Waals surface area contributed by atoms with Crippen LogP contribution in [0.15, 0.2) is 43.0 Å². The van der Waals surface area contributed by atoms with Crippen molar-refractivity contribution in [1.82, 2.24) is 15.3 Å². The van der Waals surface area contributed by atoms with Crippen molar-refractivity contribution in [3.8, 4) is 0 Å². The molecular formula is C20H20FN5O2. The van der Waals surface area contributed by atoms with Gasteiger partial charge in [-0.25, -0.2) is 9.37 Å². The third-order valence-electron chi connectivity index (χ3n) is 4.17. The number of halogens is 1. The van der Waals surface area contributed by atoms with Crippen molar-refractivity contribution in [2.24, 2.45) is 0 Å². The molecule has 2 aromatic carbocycles. The molecule has 3 N–H and O–H groups in total. The summed E-state index contributed by atoms with van der Waals surface area (Å²) in [6.07, 6.45) is 1.48. The first-order chi connectivity index (χ1) is 13.4. The first-order valence-corrected chi connectivity index (χ1v) is 8.55. The number of anilines is 2. The van der Waals surface area contributed by atoms with Crippen LogP contribution < -0.4 is 15.5 Å². The molecule has 28 heavy (non-hydrogen) atoms. The van der Waals surface area contributed by atoms with Crippen molar-refractivity contribution < 1.29 is 14.0 Å². The number of aromatic amines is 1. The molecule has 3 aromatic rings. The highest BCUT2D eigenvalue weighted by Crippen LogP contribution is 2.21. The fourth-order valence-electron chi connectivity index (χ4n) is 2.69. The van der Waals surface area contributed by atoms with Crippen molar-refractivity contribution in [1.29, 1.82) is 0 Å². The van der Waals surface area contributed by atoms with Gasteiger partial charge < -0.3 is 20.5 Å². The monoisotopic (exact) mass is 381 g/mol. The van der Waals surface area contributed by atoms with Crippen LogP contribution in [0.4, 0.5) is 16.0 Å². The Hall–Kier alpha value is -3.68. The molecule has 0 saturated carbocycles. The minimum atomic E-state index is -0.504. The van der Waals surface area contributed by atoms with Gasteiger partial charge in [-0.15, -0.1) is 0 Å². The number of H-pyrrole nitrogens is 1. The van der Waals surface area contributed by atoms with Crippen molar-refractivity contribution in [2.75, 3.05) is 30.9 Å². The lowest BCUT2D eigenvalue weighted by Gasteiger charge is -2.13. The molecule has 0 unspecified atom stereocenters. The smallest absolute Gasteiger partial charge is 0.255 e. The average Bonchev–Trinajstić information content (AvgIpc) is 3.10. The van der Waals surface area contributed by atoms with E-state index in [2.05, 4.69) is 27.2 Å². The molecule has 144 valence electrons. The topological polar surface area (TPSA) is 90.1 Å². The number of amides is 2. The van der Waals surface area contributed by atoms with E-state index in [0.717, 1.165) is 0 Å². The van der Waals surface area contributed by atoms with Gasteiger partial charge >= 0.3 is 0 Å². The van der Waals surface area contributed by atoms with Crippen LogP contribution in [0.2, 0.25) is 0 Å². The number of aromatic nitrogens is 2. The molecule has 1 heterocycles. The fourth-order valence-corrected chi connectivity index (χ4v) is 2.69. The Morgan fingerprint density at radius 3 is 2.79 bits per heavy atom. The number of rotatable bonds is 6. The Balaban J connectivity index is 1.80. The SMILES string of the molecule is C=Cc1cc(F)cc(C(=O)Nc2ccc3nc(N(C)CC(=O)NC)[nH]c3c2)c1. The quantitative estimate of drug-likeness (QED) is 0.612. The molecule has 0 fully saturated rings. The lowest BCUT2D eigenvalue weighted by atomic mass is 10.1. The number of hydrogen-bond acceptors (Lipinski definition) is 4. The van der Waals surface area contributed by atoms with Crippen LogP contribution in [0, 0.1) is 5.82 Å². The van der Waals surface area contributed by atoms with E-state index >= 15 is 0 Å². The molecule has 0 radical (unpaired) electrons. The maximum absolute atomic E-state index is 13.6. The maximum Gasteiger partial charge on any atom is 0.255 e. The van der Waals surface area contributed by atoms with Gasteiger partial charge in [-0.2, -0.15) is 0 Å². The van der Waals surface area contributed by atoms with Gasteiger partial charge in [-0.05, 0) is 42.0 Å². The summed E-state index contributed by atoms with van der Waals surface area (Å²) in [6.45, 7) is 3.75. The lowest BCUT2D eigenvalue weighted by Crippen LogP contribution is -2.33. The number of hydrogen-bond donors (Lipinski definition) is 3. The minimum absolute atomic E-state index is 0.134. The normalized spacial score (nSPS) is 10.5. The van der Waals surface area contributed by atoms with Gasteiger partial charge in [-0.3, -0.25) is 9.59 Å². The van der Waals surface area contributed by atoms with Crippen LogP contribution in [0.3, 0.4) is 0 Å². The van der Waals surface area contributed by atoms with Crippen LogP contribution in [0.5, 0.6) is 0 Å². The standard InChI is InChI=1S/C20H20FN5O2/c1-4-12-7-13(9-14(21)8-12)19(28)23-15-5-6-16-17(10-15)25-20(24-16)26(3)11-18(27)22-2/h4-10H,1,11H2,2-3H3,(H,22,27)(H,23,28)(H,24,25). The molecule has 0 aliphatic rings. The van der Waals surface area contributed by atoms with Crippen LogP contribution >= 0.6 is 0 Å². The Bertz CT molecular complexity index is 1060. The van der Waals surface area contributed by atoms with E-state index in [1.807, 2.05) is 0 Å². The number of benzene rings is 2. The molecule has 1 aromatic heterocycles. The highest BCUT2D eigenvalue weighted by molar-refractivity contribution is 6.05. The summed E-state index contributed by atoms with van der Waals surface area (Å²) in [5.41, 5.74) is 2.65. The Labute approximate surface area is 161 Å². The molecule has 0 saturated heterocycles. The average molecular weight is 381 g/mol. The molecule has 7 nitrogen and oxygen atoms in total. The molecule has 0 bridgehead atoms. The van der Waals surface area contributed by atoms with Gasteiger partial charge in [0, 0.05) is 25.3 Å². The van der Waals surface area contributed by atoms with Crippen LogP contribution in [-0.4, -0.2) is 42.4 Å². The lowest BCUT2D eigenvalue weighted by molar-refractivity contribution is -0.119. The molecule has 3 rings (SSSR count). The van der Waals surface area contributed by atoms with E-state index in [-0.39, 0.29) is 18.0 Å². The predicted molar refractivity (Wildman–Crippen MR) is 108 cm³/mol. The summed E-state index contributed by atoms with van der Waals surface area (Å²) in [5, 5.41) is 5.30. The van der Waals surface area contributed by atoms with Crippen LogP contribution in [-0.2, 0) is 4.79 Å². The second kappa shape index (κ2) is 7.91. The van der Waals surface area contributed by atoms with Gasteiger partial charge in [0.1, 0.15) is 5.82 Å². The number of nitrogens with zero attached hydrogens (tertiary/aromatic N) is 2. The number of carbonyl (C=O) groups is 2. The largest absolute Gasteiger partial charge is 0.358 e. The zero-order valence-corrected chi connectivity index (χ0v) is 15.5. The maximum atomic E-state index is 13.6. The number of imidazole rings is 1. The van der Waals surface area contributed by atoms with Gasteiger partial charge in [0.15, 0.2) is 0 Å². The van der Waals surface area contributed by atoms with E-state index in [0.29, 0.717) is 28.2 Å². The second-order valence-corrected chi connectivity index (χ2v) is 6.25. The zero-order valence-electron chi connectivity index (χ0n) is 15.5. The highest BCUT2D eigenvalue weighted by atomic mass is 19.1. The Morgan fingerprint density at radius 2 is 2.07 bits per heavy atom. The Kier molecular flexibility index (Phi) is 5.39. The van der Waals surface area contributed by atoms with Crippen molar-refractivity contribution >= 4 is 40.6 Å². The van der Waals surface area contributed by atoms with Gasteiger partial charge in [0.25, 0.3) is 5.91 Å². The van der Waals surface area contributed by atoms with Gasteiger partial charge in [0.2, 0.25) is 11.9 Å². The molecular weight excluding hydrogens is 361 g/mol. The second-order valence-electron chi connectivity index (χ2n) is 6.25. The Morgan fingerprint density at radius 1 is 1.29 bits per heavy atom. The summed E-state index contributed by atoms with van der Waals surface area (Å²) in [4.78, 5) is 33.2. The number of nitrogens with one attached hydrogen (secondary N) is 3. The first-order valence-electron chi connectivity index (χ1n) is 8.55. The minimum Gasteiger partial charge on any atom is -0.358 e. The highest BCUT2D eigenvalue weighted by Gasteiger charge is 2.13. The van der Waals surface area contributed by atoms with E-state index in [9.17, 15) is 14.0 Å². The summed E-state index contributed by atoms with van der Waals surface area (Å²) in [6, 6.07) is 9.22. The molecule has 0 aliphatic carbocycles. The third-order valence-corrected chi connectivity index (χ3v) is 4.17. The molecule has 2 amide bonds. The summed E-state index contributed by atoms with van der Waals surface area (Å²) < 4.78 is 13.6. The summed E-state index contributed by atoms with van der Waals surface area (Å²) >= 11 is 0. The van der Waals surface area contributed by atoms with Crippen molar-refractivity contribution in [3.05, 3.63) is 59.9 Å². The van der Waals surface area contributed by atoms with E-state index in [1.54, 1.807) is 43.3 Å². The van der Waals surface area contributed by atoms with E-state index < -0.39 is 11.7 Å². The molecule has 8 heteroatoms. The third kappa shape index (κ3) is 4.17. The number of likely N-dealkylation sites (N-methyl/N-ethyl adjacent to an activating group) is 2. The zero-order chi connectivity index (χ0) is 20.3.